The third-order valence-electron chi connectivity index (χ3n) is 1.45. The van der Waals surface area contributed by atoms with E-state index in [2.05, 4.69) is 0 Å². The van der Waals surface area contributed by atoms with E-state index in [1.54, 1.807) is 0 Å². The van der Waals surface area contributed by atoms with Gasteiger partial charge >= 0.3 is 0 Å². The zero-order valence-corrected chi connectivity index (χ0v) is 11.3. The minimum atomic E-state index is -1.30. The average molecular weight is 256 g/mol. The predicted molar refractivity (Wildman–Crippen MR) is 53.8 cm³/mol. The molecule has 0 aromatic carbocycles. The third-order valence-corrected chi connectivity index (χ3v) is 29.5. The second-order valence-corrected chi connectivity index (χ2v) is 21.0. The van der Waals surface area contributed by atoms with Crippen molar-refractivity contribution < 1.29 is 0 Å². The molecule has 0 nitrogen and oxygen atoms in total. The van der Waals surface area contributed by atoms with Gasteiger partial charge in [0.05, 0.1) is 9.04 Å². The van der Waals surface area contributed by atoms with Crippen LogP contribution in [0.3, 0.4) is 0 Å². The highest BCUT2D eigenvalue weighted by atomic mass is 35.6. The van der Waals surface area contributed by atoms with Crippen LogP contribution in [-0.2, 0) is 0 Å². The first kappa shape index (κ1) is 8.90. The van der Waals surface area contributed by atoms with Gasteiger partial charge in [-0.05, 0) is 0 Å². The zero-order valence-electron chi connectivity index (χ0n) is 4.53. The van der Waals surface area contributed by atoms with Crippen molar-refractivity contribution in [1.82, 2.24) is 0 Å². The molecule has 0 spiro atoms. The number of hydrogen-bond donors (Lipinski definition) is 0. The van der Waals surface area contributed by atoms with Gasteiger partial charge in [-0.1, -0.05) is 0 Å². The molecule has 0 N–H and O–H groups in total. The molecule has 0 amide bonds. The van der Waals surface area contributed by atoms with Gasteiger partial charge < -0.3 is 0 Å². The maximum atomic E-state index is 5.99. The fourth-order valence-corrected chi connectivity index (χ4v) is 35.2. The predicted octanol–water partition coefficient (Wildman–Crippen LogP) is 0.381. The van der Waals surface area contributed by atoms with Gasteiger partial charge in [0.25, 0.3) is 0 Å². The third kappa shape index (κ3) is 1.89. The van der Waals surface area contributed by atoms with Crippen molar-refractivity contribution in [2.24, 2.45) is 0 Å². The van der Waals surface area contributed by atoms with Crippen LogP contribution in [0, 0.1) is 0 Å². The summed E-state index contributed by atoms with van der Waals surface area (Å²) in [5.74, 6) is 0. The van der Waals surface area contributed by atoms with Crippen LogP contribution < -0.4 is 0 Å². The Balaban J connectivity index is 2.54. The van der Waals surface area contributed by atoms with E-state index in [1.165, 1.54) is 0 Å². The lowest BCUT2D eigenvalue weighted by atomic mass is 11.8. The molecule has 1 rings (SSSR count). The van der Waals surface area contributed by atoms with E-state index >= 15 is 0 Å². The molecule has 1 fully saturated rings. The summed E-state index contributed by atoms with van der Waals surface area (Å²) in [6, 6.07) is 0. The topological polar surface area (TPSA) is 0 Å². The van der Waals surface area contributed by atoms with E-state index in [0.29, 0.717) is 0 Å². The van der Waals surface area contributed by atoms with Crippen molar-refractivity contribution in [3.8, 4) is 0 Å². The van der Waals surface area contributed by atoms with Crippen molar-refractivity contribution in [3.63, 3.8) is 0 Å². The fraction of sp³-hybridized carbons (Fsp3) is 1.00. The van der Waals surface area contributed by atoms with Crippen molar-refractivity contribution in [3.05, 3.63) is 0 Å². The molecule has 1 saturated heterocycles. The van der Waals surface area contributed by atoms with Gasteiger partial charge in [-0.3, -0.25) is 0 Å². The standard InChI is InChI=1S/C2H6Cl4Si3/c3-1-7-9(6)2(4)8(1)5/h1-2,8-9H,7H2. The molecule has 1 aliphatic rings. The van der Waals surface area contributed by atoms with Gasteiger partial charge in [0.2, 0.25) is 0 Å². The molecule has 0 aliphatic carbocycles. The van der Waals surface area contributed by atoms with E-state index in [1.807, 2.05) is 0 Å². The first-order chi connectivity index (χ1) is 4.13. The summed E-state index contributed by atoms with van der Waals surface area (Å²) in [7, 11) is -2.62. The van der Waals surface area contributed by atoms with E-state index in [-0.39, 0.29) is 18.3 Å². The lowest BCUT2D eigenvalue weighted by Crippen LogP contribution is -2.25. The van der Waals surface area contributed by atoms with Gasteiger partial charge in [-0.15, -0.1) is 23.2 Å². The van der Waals surface area contributed by atoms with Gasteiger partial charge in [0.15, 0.2) is 8.11 Å². The molecule has 1 aliphatic heterocycles. The monoisotopic (exact) mass is 254 g/mol. The van der Waals surface area contributed by atoms with Crippen molar-refractivity contribution >= 4 is 70.1 Å². The van der Waals surface area contributed by atoms with Crippen LogP contribution in [0.1, 0.15) is 0 Å². The minimum Gasteiger partial charge on any atom is -0.174 e. The first-order valence-corrected chi connectivity index (χ1v) is 13.1. The molecule has 0 aromatic heterocycles. The molecule has 0 aromatic rings. The summed E-state index contributed by atoms with van der Waals surface area (Å²) in [4.78, 5) is 0. The molecule has 54 valence electrons. The van der Waals surface area contributed by atoms with Crippen molar-refractivity contribution in [2.75, 3.05) is 0 Å². The normalized spacial score (nSPS) is 54.7. The molecule has 4 unspecified atom stereocenters. The maximum absolute atomic E-state index is 5.99. The molecule has 7 heteroatoms. The Kier molecular flexibility index (Phi) is 3.43. The number of halogens is 4. The highest BCUT2D eigenvalue weighted by molar-refractivity contribution is 7.51. The quantitative estimate of drug-likeness (QED) is 0.334. The Bertz CT molecular complexity index is 98.0. The highest BCUT2D eigenvalue weighted by Crippen LogP contribution is 2.25. The van der Waals surface area contributed by atoms with E-state index < -0.39 is 15.7 Å². The van der Waals surface area contributed by atoms with E-state index in [0.717, 1.165) is 0 Å². The highest BCUT2D eigenvalue weighted by Gasteiger charge is 2.42. The van der Waals surface area contributed by atoms with Crippen molar-refractivity contribution in [2.45, 2.75) is 9.25 Å². The van der Waals surface area contributed by atoms with Gasteiger partial charge in [-0.25, -0.2) is 0 Å². The van der Waals surface area contributed by atoms with Crippen LogP contribution in [0.4, 0.5) is 0 Å². The molecule has 0 saturated carbocycles. The zero-order chi connectivity index (χ0) is 7.02. The molecule has 0 radical (unpaired) electrons. The second kappa shape index (κ2) is 3.47. The molecule has 9 heavy (non-hydrogen) atoms. The minimum absolute atomic E-state index is 0.169. The Morgan fingerprint density at radius 3 is 1.89 bits per heavy atom. The summed E-state index contributed by atoms with van der Waals surface area (Å²) in [6.07, 6.45) is 0. The Morgan fingerprint density at radius 2 is 1.78 bits per heavy atom. The summed E-state index contributed by atoms with van der Waals surface area (Å²) in [6.45, 7) is 0. The Morgan fingerprint density at radius 1 is 1.22 bits per heavy atom. The second-order valence-electron chi connectivity index (χ2n) is 2.16. The summed E-state index contributed by atoms with van der Waals surface area (Å²) in [5, 5.41) is 0. The lowest BCUT2D eigenvalue weighted by Gasteiger charge is -2.04. The van der Waals surface area contributed by atoms with E-state index in [4.69, 9.17) is 45.4 Å². The number of rotatable bonds is 0. The largest absolute Gasteiger partial charge is 0.174 e. The van der Waals surface area contributed by atoms with Gasteiger partial charge in [0.1, 0.15) is 7.62 Å². The maximum Gasteiger partial charge on any atom is 0.170 e. The Labute approximate surface area is 79.0 Å². The van der Waals surface area contributed by atoms with Crippen molar-refractivity contribution in [1.29, 1.82) is 0 Å². The molecule has 0 bridgehead atoms. The van der Waals surface area contributed by atoms with E-state index in [9.17, 15) is 0 Å². The van der Waals surface area contributed by atoms with Crippen LogP contribution in [0.15, 0.2) is 0 Å². The molecular formula is C2H6Cl4Si3. The SMILES string of the molecule is ClC1[SiH2][SiH](Cl)C(Cl)[SiH]1Cl. The van der Waals surface area contributed by atoms with Gasteiger partial charge in [-0.2, -0.15) is 22.2 Å². The summed E-state index contributed by atoms with van der Waals surface area (Å²) in [5.41, 5.74) is 0. The molecule has 4 atom stereocenters. The smallest absolute Gasteiger partial charge is 0.170 e. The number of alkyl halides is 2. The fourth-order valence-electron chi connectivity index (χ4n) is 0.874. The lowest BCUT2D eigenvalue weighted by molar-refractivity contribution is 1.75. The van der Waals surface area contributed by atoms with Crippen LogP contribution >= 0.6 is 45.4 Å². The van der Waals surface area contributed by atoms with Crippen LogP contribution in [0.25, 0.3) is 0 Å². The molecular weight excluding hydrogens is 250 g/mol. The van der Waals surface area contributed by atoms with Gasteiger partial charge in [0, 0.05) is 9.25 Å². The summed E-state index contributed by atoms with van der Waals surface area (Å²) < 4.78 is 0.450. The number of hydrogen-bond acceptors (Lipinski definition) is 0. The van der Waals surface area contributed by atoms with Crippen LogP contribution in [0.2, 0.25) is 0 Å². The molecule has 1 heterocycles. The Hall–Kier alpha value is 1.81. The van der Waals surface area contributed by atoms with Crippen LogP contribution in [-0.4, -0.2) is 34.0 Å². The summed E-state index contributed by atoms with van der Waals surface area (Å²) >= 11 is 23.8. The first-order valence-electron chi connectivity index (χ1n) is 2.69. The average Bonchev–Trinajstić information content (AvgIpc) is 1.98. The van der Waals surface area contributed by atoms with Crippen LogP contribution in [0.5, 0.6) is 0 Å².